The highest BCUT2D eigenvalue weighted by molar-refractivity contribution is 6.18. The molecule has 6 heterocycles. The number of benzene rings is 18. The number of nitrogens with zero attached hydrogens (tertiary/aromatic N) is 6. The number of para-hydroxylation sites is 2. The second kappa shape index (κ2) is 30.0. The smallest absolute Gasteiger partial charge is 0.160 e. The fourth-order valence-corrected chi connectivity index (χ4v) is 20.6. The number of aromatic nitrogens is 6. The van der Waals surface area contributed by atoms with Crippen LogP contribution in [0.25, 0.3) is 178 Å². The molecule has 0 saturated heterocycles. The summed E-state index contributed by atoms with van der Waals surface area (Å²) in [6.45, 7) is 0. The first-order valence-electron chi connectivity index (χ1n) is 43.5. The molecule has 22 aromatic rings. The Hall–Kier alpha value is -16.9. The highest BCUT2D eigenvalue weighted by Crippen LogP contribution is 2.66. The number of fused-ring (bicyclic) bond motifs is 26. The summed E-state index contributed by atoms with van der Waals surface area (Å²) < 4.78 is 14.4. The molecule has 8 heteroatoms. The third kappa shape index (κ3) is 11.8. The summed E-state index contributed by atoms with van der Waals surface area (Å²) in [6.07, 6.45) is 0. The van der Waals surface area contributed by atoms with Crippen molar-refractivity contribution in [2.24, 2.45) is 0 Å². The van der Waals surface area contributed by atoms with E-state index < -0.39 is 10.8 Å². The Morgan fingerprint density at radius 1 is 0.172 bits per heavy atom. The predicted octanol–water partition coefficient (Wildman–Crippen LogP) is 30.0. The van der Waals surface area contributed by atoms with Crippen LogP contribution in [-0.2, 0) is 10.8 Å². The molecule has 0 saturated carbocycles. The van der Waals surface area contributed by atoms with Gasteiger partial charge in [0.2, 0.25) is 0 Å². The fraction of sp³-hybridized carbons (Fsp3) is 0.0167. The molecule has 0 unspecified atom stereocenters. The maximum absolute atomic E-state index is 7.23. The quantitative estimate of drug-likeness (QED) is 0.125. The highest BCUT2D eigenvalue weighted by atomic mass is 16.5. The molecule has 4 aliphatic rings. The Morgan fingerprint density at radius 2 is 0.453 bits per heavy atom. The Bertz CT molecular complexity index is 8030. The van der Waals surface area contributed by atoms with Crippen molar-refractivity contribution in [1.82, 2.24) is 29.9 Å². The van der Waals surface area contributed by atoms with Gasteiger partial charge in [-0.3, -0.25) is 0 Å². The van der Waals surface area contributed by atoms with Crippen LogP contribution in [0, 0.1) is 0 Å². The van der Waals surface area contributed by atoms with Crippen molar-refractivity contribution in [3.8, 4) is 158 Å². The molecular weight excluding hydrogens is 1560 g/mol. The van der Waals surface area contributed by atoms with Crippen LogP contribution >= 0.6 is 0 Å². The topological polar surface area (TPSA) is 95.8 Å². The minimum absolute atomic E-state index is 0.566. The number of rotatable bonds is 10. The van der Waals surface area contributed by atoms with E-state index in [0.29, 0.717) is 11.6 Å². The van der Waals surface area contributed by atoms with E-state index in [2.05, 4.69) is 376 Å². The zero-order valence-electron chi connectivity index (χ0n) is 69.2. The third-order valence-corrected chi connectivity index (χ3v) is 26.3. The molecule has 0 bridgehead atoms. The minimum Gasteiger partial charge on any atom is -0.456 e. The lowest BCUT2D eigenvalue weighted by Gasteiger charge is -2.40. The number of pyridine rings is 2. The van der Waals surface area contributed by atoms with E-state index in [1.54, 1.807) is 0 Å². The molecule has 8 nitrogen and oxygen atoms in total. The summed E-state index contributed by atoms with van der Waals surface area (Å²) in [5.41, 5.74) is 33.2. The zero-order valence-corrected chi connectivity index (χ0v) is 69.2. The summed E-state index contributed by atoms with van der Waals surface area (Å²) in [5.74, 6) is 4.87. The maximum Gasteiger partial charge on any atom is 0.160 e. The molecule has 2 aliphatic heterocycles. The zero-order chi connectivity index (χ0) is 84.4. The van der Waals surface area contributed by atoms with Gasteiger partial charge in [-0.2, -0.15) is 0 Å². The van der Waals surface area contributed by atoms with E-state index in [-0.39, 0.29) is 0 Å². The van der Waals surface area contributed by atoms with E-state index >= 15 is 0 Å². The van der Waals surface area contributed by atoms with E-state index in [1.807, 2.05) is 72.8 Å². The van der Waals surface area contributed by atoms with Gasteiger partial charge < -0.3 is 9.47 Å². The lowest BCUT2D eigenvalue weighted by molar-refractivity contribution is 0.442. The molecule has 0 amide bonds. The van der Waals surface area contributed by atoms with Crippen molar-refractivity contribution >= 4 is 43.4 Å². The van der Waals surface area contributed by atoms with Crippen LogP contribution in [0.5, 0.6) is 23.0 Å². The lowest BCUT2D eigenvalue weighted by atomic mass is 9.65. The van der Waals surface area contributed by atoms with Gasteiger partial charge in [-0.05, 0) is 109 Å². The van der Waals surface area contributed by atoms with Crippen LogP contribution < -0.4 is 9.47 Å². The summed E-state index contributed by atoms with van der Waals surface area (Å²) in [4.78, 5) is 31.2. The lowest BCUT2D eigenvalue weighted by Crippen LogP contribution is -2.32. The van der Waals surface area contributed by atoms with Gasteiger partial charge in [-0.15, -0.1) is 0 Å². The summed E-state index contributed by atoms with van der Waals surface area (Å²) in [6, 6.07) is 159. The van der Waals surface area contributed by atoms with Gasteiger partial charge in [-0.25, -0.2) is 29.9 Å². The van der Waals surface area contributed by atoms with Gasteiger partial charge in [0.05, 0.1) is 56.0 Å². The van der Waals surface area contributed by atoms with Crippen molar-refractivity contribution < 1.29 is 9.47 Å². The minimum atomic E-state index is -0.573. The molecule has 2 spiro atoms. The van der Waals surface area contributed by atoms with Crippen molar-refractivity contribution in [2.75, 3.05) is 0 Å². The van der Waals surface area contributed by atoms with Gasteiger partial charge in [0, 0.05) is 99.1 Å². The molecular formula is C120H74N6O2. The average molecular weight is 1630 g/mol. The van der Waals surface area contributed by atoms with Crippen molar-refractivity contribution in [3.63, 3.8) is 0 Å². The molecule has 596 valence electrons. The third-order valence-electron chi connectivity index (χ3n) is 26.3. The Labute approximate surface area is 739 Å². The first kappa shape index (κ1) is 73.8. The normalized spacial score (nSPS) is 12.9. The molecule has 26 rings (SSSR count). The van der Waals surface area contributed by atoms with Crippen LogP contribution in [0.1, 0.15) is 44.5 Å². The molecule has 128 heavy (non-hydrogen) atoms. The van der Waals surface area contributed by atoms with Gasteiger partial charge >= 0.3 is 0 Å². The van der Waals surface area contributed by atoms with Crippen LogP contribution in [0.4, 0.5) is 0 Å². The van der Waals surface area contributed by atoms with Crippen LogP contribution in [0.3, 0.4) is 0 Å². The summed E-state index contributed by atoms with van der Waals surface area (Å²) >= 11 is 0. The van der Waals surface area contributed by atoms with Crippen molar-refractivity contribution in [2.45, 2.75) is 10.8 Å². The number of hydrogen-bond donors (Lipinski definition) is 0. The van der Waals surface area contributed by atoms with Gasteiger partial charge in [0.25, 0.3) is 0 Å². The molecule has 0 fully saturated rings. The van der Waals surface area contributed by atoms with Crippen LogP contribution in [-0.4, -0.2) is 29.9 Å². The predicted molar refractivity (Wildman–Crippen MR) is 519 cm³/mol. The Balaban J connectivity index is 0.000000139. The van der Waals surface area contributed by atoms with Crippen molar-refractivity contribution in [3.05, 3.63) is 493 Å². The molecule has 0 radical (unpaired) electrons. The standard InChI is InChI=1S/2C60H37N3O/c1-4-17-38(18-5-1)52-37-53(63-59(62-52)40-21-8-3-9-22-40)43-24-16-23-41(35-43)42-31-32-46-54(36-42)61-57(39-19-6-2-7-20-39)47-33-34-51-58(56(46)47)64-55-30-15-14-29-50(55)60(51)48-27-12-10-25-44(48)45-26-11-13-28-49(45)60;1-4-16-39(17-5-1)52-37-53(63-59(62-52)42-20-8-3-9-21-42)40-30-28-38(29-31-40)43-32-33-46-54(36-43)61-57(41-18-6-2-7-19-41)47-34-35-51-58(56(46)47)64-55-27-15-14-26-50(55)60(51)48-24-12-10-22-44(48)45-23-11-13-25-49(45)60/h2*1-37H. The van der Waals surface area contributed by atoms with Gasteiger partial charge in [0.15, 0.2) is 11.6 Å². The molecule has 0 N–H and O–H groups in total. The van der Waals surface area contributed by atoms with Crippen molar-refractivity contribution in [1.29, 1.82) is 0 Å². The summed E-state index contributed by atoms with van der Waals surface area (Å²) in [7, 11) is 0. The Kier molecular flexibility index (Phi) is 17.3. The van der Waals surface area contributed by atoms with Crippen LogP contribution in [0.15, 0.2) is 449 Å². The van der Waals surface area contributed by atoms with Gasteiger partial charge in [-0.1, -0.05) is 406 Å². The Morgan fingerprint density at radius 3 is 0.852 bits per heavy atom. The van der Waals surface area contributed by atoms with E-state index in [1.165, 1.54) is 44.5 Å². The molecule has 2 aliphatic carbocycles. The van der Waals surface area contributed by atoms with E-state index in [9.17, 15) is 0 Å². The second-order valence-electron chi connectivity index (χ2n) is 33.3. The monoisotopic (exact) mass is 1630 g/mol. The number of hydrogen-bond acceptors (Lipinski definition) is 8. The SMILES string of the molecule is c1ccc(-c2cc(-c3ccc(-c4ccc5c(c4)nc(-c4ccccc4)c4ccc6c(c45)Oc4ccccc4C64c5ccccc5-c5ccccc54)cc3)nc(-c3ccccc3)n2)cc1.c1ccc(-c2cc(-c3cccc(-c4ccc5c(c4)nc(-c4ccccc4)c4ccc6c(c45)Oc4ccccc4C64c5ccccc5-c5ccccc54)c3)nc(-c3ccccc3)n2)cc1. The van der Waals surface area contributed by atoms with Gasteiger partial charge in [0.1, 0.15) is 23.0 Å². The molecule has 4 aromatic heterocycles. The van der Waals surface area contributed by atoms with E-state index in [4.69, 9.17) is 39.4 Å². The largest absolute Gasteiger partial charge is 0.456 e. The first-order valence-corrected chi connectivity index (χ1v) is 43.5. The first-order chi connectivity index (χ1) is 63.4. The number of ether oxygens (including phenoxy) is 2. The maximum atomic E-state index is 7.23. The average Bonchev–Trinajstić information content (AvgIpc) is 1.47. The summed E-state index contributed by atoms with van der Waals surface area (Å²) in [5, 5.41) is 6.30. The second-order valence-corrected chi connectivity index (χ2v) is 33.3. The molecule has 18 aromatic carbocycles. The van der Waals surface area contributed by atoms with E-state index in [0.717, 1.165) is 190 Å². The van der Waals surface area contributed by atoms with Crippen LogP contribution in [0.2, 0.25) is 0 Å². The fourth-order valence-electron chi connectivity index (χ4n) is 20.6. The highest BCUT2D eigenvalue weighted by Gasteiger charge is 2.53. The molecule has 0 atom stereocenters.